The molecule has 0 saturated heterocycles. The molecular formula is C16H18FN3O3. The van der Waals surface area contributed by atoms with Crippen molar-refractivity contribution in [1.82, 2.24) is 9.78 Å². The largest absolute Gasteiger partial charge is 0.493 e. The van der Waals surface area contributed by atoms with Crippen molar-refractivity contribution in [2.45, 2.75) is 19.3 Å². The number of amides is 1. The van der Waals surface area contributed by atoms with Gasteiger partial charge in [0.15, 0.2) is 11.5 Å². The summed E-state index contributed by atoms with van der Waals surface area (Å²) in [5.41, 5.74) is 2.00. The van der Waals surface area contributed by atoms with Crippen molar-refractivity contribution in [3.05, 3.63) is 34.8 Å². The predicted octanol–water partition coefficient (Wildman–Crippen LogP) is 2.36. The zero-order valence-corrected chi connectivity index (χ0v) is 13.4. The number of methoxy groups -OCH3 is 2. The Kier molecular flexibility index (Phi) is 3.71. The number of benzene rings is 1. The van der Waals surface area contributed by atoms with Crippen LogP contribution in [0, 0.1) is 12.7 Å². The molecule has 1 aromatic heterocycles. The van der Waals surface area contributed by atoms with E-state index in [0.29, 0.717) is 22.9 Å². The Hall–Kier alpha value is -2.57. The van der Waals surface area contributed by atoms with Crippen molar-refractivity contribution in [3.63, 3.8) is 0 Å². The number of fused-ring (bicyclic) bond motifs is 1. The fourth-order valence-corrected chi connectivity index (χ4v) is 3.11. The van der Waals surface area contributed by atoms with Gasteiger partial charge in [-0.2, -0.15) is 5.10 Å². The summed E-state index contributed by atoms with van der Waals surface area (Å²) in [6.07, 6.45) is 0.159. The molecule has 1 amide bonds. The molecule has 1 aliphatic heterocycles. The first kappa shape index (κ1) is 15.3. The van der Waals surface area contributed by atoms with Gasteiger partial charge in [-0.1, -0.05) is 0 Å². The molecule has 6 nitrogen and oxygen atoms in total. The summed E-state index contributed by atoms with van der Waals surface area (Å²) < 4.78 is 26.6. The summed E-state index contributed by atoms with van der Waals surface area (Å²) >= 11 is 0. The lowest BCUT2D eigenvalue weighted by molar-refractivity contribution is -0.116. The predicted molar refractivity (Wildman–Crippen MR) is 82.5 cm³/mol. The smallest absolute Gasteiger partial charge is 0.226 e. The number of nitrogens with zero attached hydrogens (tertiary/aromatic N) is 2. The Labute approximate surface area is 133 Å². The van der Waals surface area contributed by atoms with E-state index in [1.165, 1.54) is 20.3 Å². The number of rotatable bonds is 3. The van der Waals surface area contributed by atoms with Gasteiger partial charge in [0.25, 0.3) is 0 Å². The van der Waals surface area contributed by atoms with Crippen LogP contribution in [-0.2, 0) is 11.8 Å². The van der Waals surface area contributed by atoms with Crippen molar-refractivity contribution < 1.29 is 18.7 Å². The molecule has 0 saturated carbocycles. The molecule has 1 atom stereocenters. The Morgan fingerprint density at radius 1 is 1.30 bits per heavy atom. The molecule has 1 aliphatic rings. The Bertz CT molecular complexity index is 785. The van der Waals surface area contributed by atoms with Crippen molar-refractivity contribution in [3.8, 4) is 11.5 Å². The van der Waals surface area contributed by atoms with Gasteiger partial charge in [-0.3, -0.25) is 9.48 Å². The lowest BCUT2D eigenvalue weighted by Gasteiger charge is -2.25. The van der Waals surface area contributed by atoms with Gasteiger partial charge in [0.1, 0.15) is 11.6 Å². The summed E-state index contributed by atoms with van der Waals surface area (Å²) in [7, 11) is 4.70. The van der Waals surface area contributed by atoms with E-state index in [1.54, 1.807) is 17.8 Å². The van der Waals surface area contributed by atoms with Crippen molar-refractivity contribution in [2.24, 2.45) is 7.05 Å². The summed E-state index contributed by atoms with van der Waals surface area (Å²) in [6.45, 7) is 1.85. The van der Waals surface area contributed by atoms with Crippen LogP contribution in [-0.4, -0.2) is 29.9 Å². The number of carbonyl (C=O) groups excluding carboxylic acids is 1. The molecule has 1 unspecified atom stereocenters. The number of halogens is 1. The monoisotopic (exact) mass is 319 g/mol. The van der Waals surface area contributed by atoms with Crippen LogP contribution < -0.4 is 14.8 Å². The van der Waals surface area contributed by atoms with E-state index in [2.05, 4.69) is 10.4 Å². The highest BCUT2D eigenvalue weighted by molar-refractivity contribution is 5.94. The van der Waals surface area contributed by atoms with Gasteiger partial charge in [0.05, 0.1) is 19.9 Å². The Morgan fingerprint density at radius 2 is 1.96 bits per heavy atom. The molecule has 0 fully saturated rings. The summed E-state index contributed by atoms with van der Waals surface area (Å²) in [6, 6.07) is 2.87. The first-order chi connectivity index (χ1) is 11.0. The second-order valence-electron chi connectivity index (χ2n) is 5.50. The maximum Gasteiger partial charge on any atom is 0.226 e. The quantitative estimate of drug-likeness (QED) is 0.943. The normalized spacial score (nSPS) is 16.7. The van der Waals surface area contributed by atoms with Crippen LogP contribution in [0.1, 0.15) is 29.2 Å². The summed E-state index contributed by atoms with van der Waals surface area (Å²) in [5.74, 6) is 0.344. The molecule has 1 N–H and O–H groups in total. The lowest BCUT2D eigenvalue weighted by Crippen LogP contribution is -2.25. The van der Waals surface area contributed by atoms with Gasteiger partial charge < -0.3 is 14.8 Å². The van der Waals surface area contributed by atoms with E-state index >= 15 is 0 Å². The number of aryl methyl sites for hydroxylation is 2. The maximum absolute atomic E-state index is 14.6. The highest BCUT2D eigenvalue weighted by Crippen LogP contribution is 2.42. The Morgan fingerprint density at radius 3 is 2.61 bits per heavy atom. The van der Waals surface area contributed by atoms with Crippen molar-refractivity contribution in [1.29, 1.82) is 0 Å². The highest BCUT2D eigenvalue weighted by Gasteiger charge is 2.33. The minimum atomic E-state index is -0.434. The van der Waals surface area contributed by atoms with Gasteiger partial charge in [-0.05, 0) is 18.6 Å². The molecule has 7 heteroatoms. The minimum absolute atomic E-state index is 0.159. The zero-order valence-electron chi connectivity index (χ0n) is 13.4. The fraction of sp³-hybridized carbons (Fsp3) is 0.375. The first-order valence-corrected chi connectivity index (χ1v) is 7.21. The molecule has 0 bridgehead atoms. The molecule has 2 aromatic rings. The van der Waals surface area contributed by atoms with Crippen LogP contribution >= 0.6 is 0 Å². The third kappa shape index (κ3) is 2.42. The molecule has 0 radical (unpaired) electrons. The Balaban J connectivity index is 2.18. The van der Waals surface area contributed by atoms with Crippen molar-refractivity contribution >= 4 is 11.7 Å². The van der Waals surface area contributed by atoms with Crippen molar-refractivity contribution in [2.75, 3.05) is 19.5 Å². The fourth-order valence-electron chi connectivity index (χ4n) is 3.11. The number of aromatic nitrogens is 2. The SMILES string of the molecule is COc1cc(F)c(C2CC(=O)Nc3c2c(C)nn3C)cc1OC. The third-order valence-electron chi connectivity index (χ3n) is 4.14. The summed E-state index contributed by atoms with van der Waals surface area (Å²) in [4.78, 5) is 12.0. The minimum Gasteiger partial charge on any atom is -0.493 e. The number of hydrogen-bond acceptors (Lipinski definition) is 4. The summed E-state index contributed by atoms with van der Waals surface area (Å²) in [5, 5.41) is 7.13. The van der Waals surface area contributed by atoms with Gasteiger partial charge >= 0.3 is 0 Å². The highest BCUT2D eigenvalue weighted by atomic mass is 19.1. The van der Waals surface area contributed by atoms with Gasteiger partial charge in [-0.15, -0.1) is 0 Å². The molecule has 0 aliphatic carbocycles. The molecular weight excluding hydrogens is 301 g/mol. The third-order valence-corrected chi connectivity index (χ3v) is 4.14. The molecule has 3 rings (SSSR count). The van der Waals surface area contributed by atoms with Crippen LogP contribution in [0.4, 0.5) is 10.2 Å². The molecule has 122 valence electrons. The molecule has 1 aromatic carbocycles. The standard InChI is InChI=1S/C16H18FN3O3/c1-8-15-10(6-14(21)18-16(15)20(2)19-8)9-5-12(22-3)13(23-4)7-11(9)17/h5,7,10H,6H2,1-4H3,(H,18,21). The van der Waals surface area contributed by atoms with Gasteiger partial charge in [0.2, 0.25) is 5.91 Å². The molecule has 2 heterocycles. The van der Waals surface area contributed by atoms with E-state index in [-0.39, 0.29) is 12.3 Å². The van der Waals surface area contributed by atoms with E-state index in [4.69, 9.17) is 9.47 Å². The van der Waals surface area contributed by atoms with Gasteiger partial charge in [-0.25, -0.2) is 4.39 Å². The van der Waals surface area contributed by atoms with Gasteiger partial charge in [0, 0.05) is 31.0 Å². The number of ether oxygens (including phenoxy) is 2. The van der Waals surface area contributed by atoms with Crippen LogP contribution in [0.15, 0.2) is 12.1 Å². The molecule has 23 heavy (non-hydrogen) atoms. The van der Waals surface area contributed by atoms with E-state index in [9.17, 15) is 9.18 Å². The maximum atomic E-state index is 14.6. The average molecular weight is 319 g/mol. The van der Waals surface area contributed by atoms with Crippen LogP contribution in [0.3, 0.4) is 0 Å². The lowest BCUT2D eigenvalue weighted by atomic mass is 9.85. The van der Waals surface area contributed by atoms with E-state index < -0.39 is 11.7 Å². The first-order valence-electron chi connectivity index (χ1n) is 7.21. The van der Waals surface area contributed by atoms with Crippen LogP contribution in [0.2, 0.25) is 0 Å². The van der Waals surface area contributed by atoms with Crippen LogP contribution in [0.25, 0.3) is 0 Å². The second kappa shape index (κ2) is 5.57. The topological polar surface area (TPSA) is 65.4 Å². The number of carbonyl (C=O) groups is 1. The second-order valence-corrected chi connectivity index (χ2v) is 5.50. The average Bonchev–Trinajstić information content (AvgIpc) is 2.80. The van der Waals surface area contributed by atoms with E-state index in [1.807, 2.05) is 6.92 Å². The molecule has 0 spiro atoms. The number of anilines is 1. The van der Waals surface area contributed by atoms with E-state index in [0.717, 1.165) is 11.3 Å². The zero-order chi connectivity index (χ0) is 16.7. The number of hydrogen-bond donors (Lipinski definition) is 1. The van der Waals surface area contributed by atoms with Crippen LogP contribution in [0.5, 0.6) is 11.5 Å². The number of nitrogens with one attached hydrogen (secondary N) is 1.